The number of benzene rings is 1. The Labute approximate surface area is 103 Å². The monoisotopic (exact) mass is 248 g/mol. The van der Waals surface area contributed by atoms with E-state index in [1.807, 2.05) is 0 Å². The lowest BCUT2D eigenvalue weighted by Gasteiger charge is -2.09. The van der Waals surface area contributed by atoms with Crippen LogP contribution in [0.1, 0.15) is 21.7 Å². The van der Waals surface area contributed by atoms with Crippen molar-refractivity contribution in [2.24, 2.45) is 7.05 Å². The second-order valence-corrected chi connectivity index (χ2v) is 3.74. The number of para-hydroxylation sites is 1. The molecule has 7 nitrogen and oxygen atoms in total. The van der Waals surface area contributed by atoms with Crippen LogP contribution in [-0.2, 0) is 13.7 Å². The zero-order chi connectivity index (χ0) is 13.1. The van der Waals surface area contributed by atoms with Crippen molar-refractivity contribution in [2.75, 3.05) is 0 Å². The Hall–Kier alpha value is -2.44. The Bertz CT molecular complexity index is 579. The van der Waals surface area contributed by atoms with E-state index in [1.54, 1.807) is 26.1 Å². The number of hydrogen-bond donors (Lipinski definition) is 1. The summed E-state index contributed by atoms with van der Waals surface area (Å²) in [7, 11) is 1.65. The number of aryl methyl sites for hydroxylation is 2. The molecule has 2 aromatic rings. The maximum atomic E-state index is 11.1. The second-order valence-electron chi connectivity index (χ2n) is 3.74. The molecule has 1 N–H and O–H groups in total. The molecule has 18 heavy (non-hydrogen) atoms. The first-order chi connectivity index (χ1) is 8.58. The largest absolute Gasteiger partial charge is 0.484 e. The third-order valence-electron chi connectivity index (χ3n) is 2.34. The Balaban J connectivity index is 2.20. The van der Waals surface area contributed by atoms with E-state index < -0.39 is 5.97 Å². The highest BCUT2D eigenvalue weighted by atomic mass is 16.5. The third-order valence-corrected chi connectivity index (χ3v) is 2.34. The standard InChI is InChI=1S/C11H12N4O3/c1-7-4-3-5-8(11(16)17)10(7)18-6-9-12-14-15(2)13-9/h3-5H,6H2,1-2H3,(H,16,17). The molecule has 1 heterocycles. The van der Waals surface area contributed by atoms with Gasteiger partial charge in [-0.15, -0.1) is 10.2 Å². The predicted molar refractivity (Wildman–Crippen MR) is 61.3 cm³/mol. The van der Waals surface area contributed by atoms with Crippen molar-refractivity contribution in [3.63, 3.8) is 0 Å². The highest BCUT2D eigenvalue weighted by Gasteiger charge is 2.14. The van der Waals surface area contributed by atoms with Gasteiger partial charge in [-0.2, -0.15) is 4.80 Å². The first kappa shape index (κ1) is 12.0. The third kappa shape index (κ3) is 2.45. The summed E-state index contributed by atoms with van der Waals surface area (Å²) in [5, 5.41) is 20.4. The minimum atomic E-state index is -1.03. The van der Waals surface area contributed by atoms with Crippen molar-refractivity contribution in [1.82, 2.24) is 20.2 Å². The number of rotatable bonds is 4. The van der Waals surface area contributed by atoms with E-state index in [1.165, 1.54) is 10.9 Å². The molecule has 0 radical (unpaired) electrons. The van der Waals surface area contributed by atoms with E-state index in [0.29, 0.717) is 11.6 Å². The molecule has 0 amide bonds. The van der Waals surface area contributed by atoms with Crippen LogP contribution in [0.2, 0.25) is 0 Å². The van der Waals surface area contributed by atoms with Crippen LogP contribution >= 0.6 is 0 Å². The second kappa shape index (κ2) is 4.82. The average Bonchev–Trinajstić information content (AvgIpc) is 2.73. The minimum Gasteiger partial charge on any atom is -0.484 e. The number of hydrogen-bond acceptors (Lipinski definition) is 5. The van der Waals surface area contributed by atoms with E-state index in [2.05, 4.69) is 15.4 Å². The molecular formula is C11H12N4O3. The highest BCUT2D eigenvalue weighted by Crippen LogP contribution is 2.23. The molecule has 0 unspecified atom stereocenters. The molecule has 2 rings (SSSR count). The number of carboxylic acid groups (broad SMARTS) is 1. The molecule has 94 valence electrons. The van der Waals surface area contributed by atoms with Crippen molar-refractivity contribution in [2.45, 2.75) is 13.5 Å². The lowest BCUT2D eigenvalue weighted by atomic mass is 10.1. The summed E-state index contributed by atoms with van der Waals surface area (Å²) in [6.07, 6.45) is 0. The van der Waals surface area contributed by atoms with Gasteiger partial charge in [-0.05, 0) is 23.8 Å². The molecule has 7 heteroatoms. The maximum absolute atomic E-state index is 11.1. The Kier molecular flexibility index (Phi) is 3.22. The van der Waals surface area contributed by atoms with Gasteiger partial charge < -0.3 is 9.84 Å². The number of carboxylic acids is 1. The Morgan fingerprint density at radius 1 is 1.50 bits per heavy atom. The van der Waals surface area contributed by atoms with E-state index in [-0.39, 0.29) is 12.2 Å². The van der Waals surface area contributed by atoms with Crippen LogP contribution in [0, 0.1) is 6.92 Å². The van der Waals surface area contributed by atoms with Crippen LogP contribution in [0.4, 0.5) is 0 Å². The molecule has 0 atom stereocenters. The van der Waals surface area contributed by atoms with Crippen LogP contribution in [0.3, 0.4) is 0 Å². The van der Waals surface area contributed by atoms with E-state index in [9.17, 15) is 4.79 Å². The van der Waals surface area contributed by atoms with E-state index >= 15 is 0 Å². The maximum Gasteiger partial charge on any atom is 0.339 e. The molecule has 1 aromatic carbocycles. The quantitative estimate of drug-likeness (QED) is 0.860. The van der Waals surface area contributed by atoms with Crippen molar-refractivity contribution in [3.8, 4) is 5.75 Å². The SMILES string of the molecule is Cc1cccc(C(=O)O)c1OCc1nnn(C)n1. The summed E-state index contributed by atoms with van der Waals surface area (Å²) >= 11 is 0. The van der Waals surface area contributed by atoms with Crippen molar-refractivity contribution in [1.29, 1.82) is 0 Å². The molecule has 0 saturated heterocycles. The summed E-state index contributed by atoms with van der Waals surface area (Å²) < 4.78 is 5.47. The number of aromatic nitrogens is 4. The van der Waals surface area contributed by atoms with Gasteiger partial charge in [-0.25, -0.2) is 4.79 Å². The molecule has 0 aliphatic heterocycles. The van der Waals surface area contributed by atoms with Crippen molar-refractivity contribution >= 4 is 5.97 Å². The van der Waals surface area contributed by atoms with Crippen LogP contribution in [0.5, 0.6) is 5.75 Å². The van der Waals surface area contributed by atoms with Crippen LogP contribution < -0.4 is 4.74 Å². The lowest BCUT2D eigenvalue weighted by molar-refractivity contribution is 0.0691. The van der Waals surface area contributed by atoms with Crippen molar-refractivity contribution in [3.05, 3.63) is 35.2 Å². The number of aromatic carboxylic acids is 1. The minimum absolute atomic E-state index is 0.0823. The first-order valence-electron chi connectivity index (χ1n) is 5.26. The Morgan fingerprint density at radius 2 is 2.28 bits per heavy atom. The topological polar surface area (TPSA) is 90.1 Å². The normalized spacial score (nSPS) is 10.3. The first-order valence-corrected chi connectivity index (χ1v) is 5.26. The van der Waals surface area contributed by atoms with Gasteiger partial charge in [-0.3, -0.25) is 0 Å². The fraction of sp³-hybridized carbons (Fsp3) is 0.273. The van der Waals surface area contributed by atoms with Crippen molar-refractivity contribution < 1.29 is 14.6 Å². The highest BCUT2D eigenvalue weighted by molar-refractivity contribution is 5.91. The summed E-state index contributed by atoms with van der Waals surface area (Å²) in [5.74, 6) is -0.296. The van der Waals surface area contributed by atoms with Gasteiger partial charge >= 0.3 is 5.97 Å². The molecule has 0 spiro atoms. The number of carbonyl (C=O) groups is 1. The fourth-order valence-corrected chi connectivity index (χ4v) is 1.53. The molecule has 0 fully saturated rings. The summed E-state index contributed by atoms with van der Waals surface area (Å²) in [6, 6.07) is 4.95. The van der Waals surface area contributed by atoms with E-state index in [0.717, 1.165) is 5.56 Å². The van der Waals surface area contributed by atoms with E-state index in [4.69, 9.17) is 9.84 Å². The smallest absolute Gasteiger partial charge is 0.339 e. The number of ether oxygens (including phenoxy) is 1. The molecule has 0 saturated carbocycles. The van der Waals surface area contributed by atoms with Gasteiger partial charge in [0.15, 0.2) is 6.61 Å². The molecule has 0 aliphatic carbocycles. The Morgan fingerprint density at radius 3 is 2.89 bits per heavy atom. The summed E-state index contributed by atoms with van der Waals surface area (Å²) in [6.45, 7) is 1.87. The number of nitrogens with zero attached hydrogens (tertiary/aromatic N) is 4. The van der Waals surface area contributed by atoms with Gasteiger partial charge in [0.2, 0.25) is 5.82 Å². The molecule has 1 aromatic heterocycles. The fourth-order valence-electron chi connectivity index (χ4n) is 1.53. The van der Waals surface area contributed by atoms with Crippen LogP contribution in [0.25, 0.3) is 0 Å². The number of tetrazole rings is 1. The average molecular weight is 248 g/mol. The van der Waals surface area contributed by atoms with Gasteiger partial charge in [0.05, 0.1) is 7.05 Å². The lowest BCUT2D eigenvalue weighted by Crippen LogP contribution is -2.06. The van der Waals surface area contributed by atoms with Gasteiger partial charge in [-0.1, -0.05) is 12.1 Å². The van der Waals surface area contributed by atoms with Crippen LogP contribution in [-0.4, -0.2) is 31.3 Å². The molecule has 0 aliphatic rings. The summed E-state index contributed by atoms with van der Waals surface area (Å²) in [5.41, 5.74) is 0.873. The molecular weight excluding hydrogens is 236 g/mol. The zero-order valence-corrected chi connectivity index (χ0v) is 9.99. The van der Waals surface area contributed by atoms with Gasteiger partial charge in [0.25, 0.3) is 0 Å². The van der Waals surface area contributed by atoms with Gasteiger partial charge in [0, 0.05) is 0 Å². The van der Waals surface area contributed by atoms with Gasteiger partial charge in [0.1, 0.15) is 11.3 Å². The summed E-state index contributed by atoms with van der Waals surface area (Å²) in [4.78, 5) is 12.4. The predicted octanol–water partition coefficient (Wildman–Crippen LogP) is 0.796. The van der Waals surface area contributed by atoms with Crippen LogP contribution in [0.15, 0.2) is 18.2 Å². The zero-order valence-electron chi connectivity index (χ0n) is 9.99. The molecule has 0 bridgehead atoms.